The summed E-state index contributed by atoms with van der Waals surface area (Å²) in [7, 11) is 1.91. The second-order valence-corrected chi connectivity index (χ2v) is 6.03. The molecule has 0 aliphatic carbocycles. The van der Waals surface area contributed by atoms with E-state index in [1.807, 2.05) is 60.1 Å². The molecular formula is C17H16N4OS. The van der Waals surface area contributed by atoms with E-state index in [1.54, 1.807) is 6.20 Å². The monoisotopic (exact) mass is 324 g/mol. The number of rotatable bonds is 6. The van der Waals surface area contributed by atoms with Gasteiger partial charge < -0.3 is 4.57 Å². The van der Waals surface area contributed by atoms with E-state index in [2.05, 4.69) is 15.2 Å². The number of nitrogens with zero attached hydrogens (tertiary/aromatic N) is 4. The summed E-state index contributed by atoms with van der Waals surface area (Å²) in [6.07, 6.45) is 2.20. The summed E-state index contributed by atoms with van der Waals surface area (Å²) in [5.74, 6) is 1.54. The maximum absolute atomic E-state index is 12.1. The van der Waals surface area contributed by atoms with E-state index < -0.39 is 0 Å². The van der Waals surface area contributed by atoms with Crippen LogP contribution in [-0.4, -0.2) is 31.3 Å². The molecule has 0 aliphatic rings. The molecule has 5 nitrogen and oxygen atoms in total. The fourth-order valence-corrected chi connectivity index (χ4v) is 3.01. The molecule has 6 heteroatoms. The first-order valence-electron chi connectivity index (χ1n) is 7.27. The number of benzene rings is 1. The fraction of sp³-hybridized carbons (Fsp3) is 0.176. The molecule has 23 heavy (non-hydrogen) atoms. The number of Topliss-reactive ketones (excluding diaryl/α,β-unsaturated/α-hetero) is 1. The number of aromatic nitrogens is 4. The van der Waals surface area contributed by atoms with Crippen LogP contribution in [0.5, 0.6) is 0 Å². The van der Waals surface area contributed by atoms with Crippen molar-refractivity contribution in [1.29, 1.82) is 0 Å². The molecule has 0 saturated carbocycles. The Balaban J connectivity index is 1.61. The van der Waals surface area contributed by atoms with E-state index in [-0.39, 0.29) is 5.78 Å². The van der Waals surface area contributed by atoms with Crippen LogP contribution in [0, 0.1) is 0 Å². The van der Waals surface area contributed by atoms with Crippen molar-refractivity contribution >= 4 is 17.5 Å². The third-order valence-corrected chi connectivity index (χ3v) is 4.41. The van der Waals surface area contributed by atoms with E-state index >= 15 is 0 Å². The van der Waals surface area contributed by atoms with Gasteiger partial charge in [0.25, 0.3) is 0 Å². The van der Waals surface area contributed by atoms with Gasteiger partial charge in [0.2, 0.25) is 0 Å². The maximum atomic E-state index is 12.1. The Morgan fingerprint density at radius 3 is 2.61 bits per heavy atom. The Labute approximate surface area is 138 Å². The number of carbonyl (C=O) groups excluding carboxylic acids is 1. The summed E-state index contributed by atoms with van der Waals surface area (Å²) in [6, 6.07) is 15.0. The predicted octanol–water partition coefficient (Wildman–Crippen LogP) is 3.24. The van der Waals surface area contributed by atoms with Gasteiger partial charge in [0, 0.05) is 31.0 Å². The summed E-state index contributed by atoms with van der Waals surface area (Å²) in [5.41, 5.74) is 1.54. The van der Waals surface area contributed by atoms with Crippen molar-refractivity contribution in [3.8, 4) is 11.5 Å². The smallest absolute Gasteiger partial charge is 0.191 e. The average molecular weight is 324 g/mol. The normalized spacial score (nSPS) is 10.7. The maximum Gasteiger partial charge on any atom is 0.191 e. The van der Waals surface area contributed by atoms with Crippen molar-refractivity contribution in [2.75, 3.05) is 5.75 Å². The highest BCUT2D eigenvalue weighted by atomic mass is 32.2. The number of hydrogen-bond acceptors (Lipinski definition) is 5. The largest absolute Gasteiger partial charge is 0.304 e. The first-order chi connectivity index (χ1) is 11.3. The van der Waals surface area contributed by atoms with Crippen LogP contribution >= 0.6 is 11.8 Å². The Hall–Kier alpha value is -2.47. The van der Waals surface area contributed by atoms with Crippen molar-refractivity contribution in [2.24, 2.45) is 7.05 Å². The molecule has 2 aromatic heterocycles. The zero-order valence-corrected chi connectivity index (χ0v) is 13.5. The fourth-order valence-electron chi connectivity index (χ4n) is 2.16. The topological polar surface area (TPSA) is 60.7 Å². The SMILES string of the molecule is Cn1c(SCCC(=O)c2ccccc2)nnc1-c1ccccn1. The number of carbonyl (C=O) groups is 1. The number of pyridine rings is 1. The van der Waals surface area contributed by atoms with E-state index in [4.69, 9.17) is 0 Å². The quantitative estimate of drug-likeness (QED) is 0.514. The van der Waals surface area contributed by atoms with E-state index in [1.165, 1.54) is 11.8 Å². The van der Waals surface area contributed by atoms with Crippen molar-refractivity contribution in [1.82, 2.24) is 19.7 Å². The van der Waals surface area contributed by atoms with Crippen LogP contribution in [-0.2, 0) is 7.05 Å². The van der Waals surface area contributed by atoms with Crippen LogP contribution in [0.25, 0.3) is 11.5 Å². The van der Waals surface area contributed by atoms with Gasteiger partial charge in [0.15, 0.2) is 16.8 Å². The molecule has 0 radical (unpaired) electrons. The number of thioether (sulfide) groups is 1. The molecule has 0 spiro atoms. The lowest BCUT2D eigenvalue weighted by atomic mass is 10.1. The minimum absolute atomic E-state index is 0.144. The van der Waals surface area contributed by atoms with Gasteiger partial charge in [-0.1, -0.05) is 48.2 Å². The summed E-state index contributed by atoms with van der Waals surface area (Å²) in [5, 5.41) is 9.16. The van der Waals surface area contributed by atoms with Gasteiger partial charge in [-0.15, -0.1) is 10.2 Å². The molecule has 0 atom stereocenters. The van der Waals surface area contributed by atoms with Crippen LogP contribution in [0.2, 0.25) is 0 Å². The minimum Gasteiger partial charge on any atom is -0.304 e. The van der Waals surface area contributed by atoms with E-state index in [0.29, 0.717) is 12.2 Å². The van der Waals surface area contributed by atoms with Crippen molar-refractivity contribution in [2.45, 2.75) is 11.6 Å². The van der Waals surface area contributed by atoms with E-state index in [0.717, 1.165) is 22.2 Å². The highest BCUT2D eigenvalue weighted by Crippen LogP contribution is 2.22. The zero-order valence-electron chi connectivity index (χ0n) is 12.7. The molecule has 0 saturated heterocycles. The van der Waals surface area contributed by atoms with Crippen molar-refractivity contribution in [3.63, 3.8) is 0 Å². The lowest BCUT2D eigenvalue weighted by Crippen LogP contribution is -2.01. The van der Waals surface area contributed by atoms with Crippen molar-refractivity contribution in [3.05, 3.63) is 60.3 Å². The average Bonchev–Trinajstić information content (AvgIpc) is 2.97. The van der Waals surface area contributed by atoms with Gasteiger partial charge in [-0.2, -0.15) is 0 Å². The molecule has 3 aromatic rings. The Kier molecular flexibility index (Phi) is 4.83. The van der Waals surface area contributed by atoms with Crippen LogP contribution in [0.4, 0.5) is 0 Å². The Morgan fingerprint density at radius 2 is 1.87 bits per heavy atom. The van der Waals surface area contributed by atoms with Crippen LogP contribution in [0.15, 0.2) is 59.9 Å². The van der Waals surface area contributed by atoms with E-state index in [9.17, 15) is 4.79 Å². The van der Waals surface area contributed by atoms with Gasteiger partial charge in [-0.3, -0.25) is 9.78 Å². The van der Waals surface area contributed by atoms with Gasteiger partial charge in [0.1, 0.15) is 5.69 Å². The summed E-state index contributed by atoms with van der Waals surface area (Å²) in [4.78, 5) is 16.4. The second-order valence-electron chi connectivity index (χ2n) is 4.97. The first kappa shape index (κ1) is 15.4. The lowest BCUT2D eigenvalue weighted by molar-refractivity contribution is 0.0989. The van der Waals surface area contributed by atoms with Crippen LogP contribution in [0.3, 0.4) is 0 Å². The van der Waals surface area contributed by atoms with Gasteiger partial charge in [-0.25, -0.2) is 0 Å². The molecule has 0 N–H and O–H groups in total. The second kappa shape index (κ2) is 7.19. The van der Waals surface area contributed by atoms with Crippen LogP contribution < -0.4 is 0 Å². The molecule has 1 aromatic carbocycles. The molecular weight excluding hydrogens is 308 g/mol. The molecule has 0 amide bonds. The molecule has 0 unspecified atom stereocenters. The lowest BCUT2D eigenvalue weighted by Gasteiger charge is -2.03. The highest BCUT2D eigenvalue weighted by molar-refractivity contribution is 7.99. The summed E-state index contributed by atoms with van der Waals surface area (Å²) < 4.78 is 1.90. The number of ketones is 1. The molecule has 0 aliphatic heterocycles. The van der Waals surface area contributed by atoms with Gasteiger partial charge >= 0.3 is 0 Å². The third kappa shape index (κ3) is 3.65. The minimum atomic E-state index is 0.144. The molecule has 2 heterocycles. The Bertz CT molecular complexity index is 787. The molecule has 0 bridgehead atoms. The third-order valence-electron chi connectivity index (χ3n) is 3.38. The number of hydrogen-bond donors (Lipinski definition) is 0. The standard InChI is InChI=1S/C17H16N4OS/c1-21-16(14-9-5-6-11-18-14)19-20-17(21)23-12-10-15(22)13-7-3-2-4-8-13/h2-9,11H,10,12H2,1H3. The van der Waals surface area contributed by atoms with Crippen molar-refractivity contribution < 1.29 is 4.79 Å². The van der Waals surface area contributed by atoms with Gasteiger partial charge in [0.05, 0.1) is 0 Å². The molecule has 0 fully saturated rings. The first-order valence-corrected chi connectivity index (χ1v) is 8.26. The molecule has 3 rings (SSSR count). The highest BCUT2D eigenvalue weighted by Gasteiger charge is 2.12. The molecule has 116 valence electrons. The zero-order chi connectivity index (χ0) is 16.1. The summed E-state index contributed by atoms with van der Waals surface area (Å²) >= 11 is 1.53. The predicted molar refractivity (Wildman–Crippen MR) is 90.3 cm³/mol. The Morgan fingerprint density at radius 1 is 1.09 bits per heavy atom. The summed E-state index contributed by atoms with van der Waals surface area (Å²) in [6.45, 7) is 0. The van der Waals surface area contributed by atoms with Gasteiger partial charge in [-0.05, 0) is 12.1 Å². The van der Waals surface area contributed by atoms with Crippen LogP contribution in [0.1, 0.15) is 16.8 Å².